The van der Waals surface area contributed by atoms with Crippen molar-refractivity contribution >= 4 is 26.8 Å². The molecule has 0 spiro atoms. The molecule has 2 heterocycles. The first-order chi connectivity index (χ1) is 7.75. The van der Waals surface area contributed by atoms with Gasteiger partial charge in [0, 0.05) is 27.4 Å². The maximum atomic E-state index is 11.9. The largest absolute Gasteiger partial charge is 0.376 e. The van der Waals surface area contributed by atoms with Gasteiger partial charge in [0.15, 0.2) is 0 Å². The highest BCUT2D eigenvalue weighted by Crippen LogP contribution is 2.24. The van der Waals surface area contributed by atoms with Gasteiger partial charge in [0.1, 0.15) is 0 Å². The van der Waals surface area contributed by atoms with E-state index in [-0.39, 0.29) is 5.56 Å². The zero-order valence-electron chi connectivity index (χ0n) is 8.55. The smallest absolute Gasteiger partial charge is 0.252 e. The Morgan fingerprint density at radius 2 is 2.19 bits per heavy atom. The maximum Gasteiger partial charge on any atom is 0.252 e. The lowest BCUT2D eigenvalue weighted by Gasteiger charge is -2.17. The fourth-order valence-corrected chi connectivity index (χ4v) is 2.52. The lowest BCUT2D eigenvalue weighted by molar-refractivity contribution is 0.111. The Bertz CT molecular complexity index is 618. The number of halogens is 1. The number of ether oxygens (including phenoxy) is 1. The van der Waals surface area contributed by atoms with Gasteiger partial charge < -0.3 is 9.72 Å². The first-order valence-electron chi connectivity index (χ1n) is 5.17. The molecule has 0 unspecified atom stereocenters. The van der Waals surface area contributed by atoms with E-state index in [0.717, 1.165) is 26.5 Å². The van der Waals surface area contributed by atoms with E-state index in [9.17, 15) is 4.79 Å². The van der Waals surface area contributed by atoms with Crippen LogP contribution in [0.3, 0.4) is 0 Å². The first-order valence-corrected chi connectivity index (χ1v) is 5.96. The van der Waals surface area contributed by atoms with Gasteiger partial charge in [-0.3, -0.25) is 4.79 Å². The number of H-pyrrole nitrogens is 1. The standard InChI is InChI=1S/C12H10BrNO2/c13-7-1-2-8-10-6-16-4-3-9(10)12(15)14-11(8)5-7/h1-2,5H,3-4,6H2,(H,14,15). The van der Waals surface area contributed by atoms with Crippen molar-refractivity contribution in [1.82, 2.24) is 4.98 Å². The Morgan fingerprint density at radius 3 is 3.06 bits per heavy atom. The summed E-state index contributed by atoms with van der Waals surface area (Å²) in [6.45, 7) is 1.18. The molecular formula is C12H10BrNO2. The van der Waals surface area contributed by atoms with Crippen LogP contribution in [0.1, 0.15) is 11.1 Å². The summed E-state index contributed by atoms with van der Waals surface area (Å²) >= 11 is 3.40. The van der Waals surface area contributed by atoms with Crippen molar-refractivity contribution in [2.75, 3.05) is 6.61 Å². The summed E-state index contributed by atoms with van der Waals surface area (Å²) in [4.78, 5) is 14.8. The third kappa shape index (κ3) is 1.49. The Morgan fingerprint density at radius 1 is 1.31 bits per heavy atom. The molecule has 1 aromatic carbocycles. The Hall–Kier alpha value is -1.13. The van der Waals surface area contributed by atoms with Gasteiger partial charge in [0.25, 0.3) is 5.56 Å². The van der Waals surface area contributed by atoms with E-state index in [0.29, 0.717) is 19.6 Å². The highest BCUT2D eigenvalue weighted by atomic mass is 79.9. The van der Waals surface area contributed by atoms with Crippen LogP contribution in [-0.2, 0) is 17.8 Å². The van der Waals surface area contributed by atoms with Crippen LogP contribution in [0.2, 0.25) is 0 Å². The van der Waals surface area contributed by atoms with Gasteiger partial charge in [-0.2, -0.15) is 0 Å². The van der Waals surface area contributed by atoms with Gasteiger partial charge in [-0.25, -0.2) is 0 Å². The Kier molecular flexibility index (Phi) is 2.33. The van der Waals surface area contributed by atoms with Gasteiger partial charge in [-0.05, 0) is 17.7 Å². The van der Waals surface area contributed by atoms with Gasteiger partial charge in [-0.15, -0.1) is 0 Å². The number of nitrogens with one attached hydrogen (secondary N) is 1. The molecule has 82 valence electrons. The number of hydrogen-bond donors (Lipinski definition) is 1. The van der Waals surface area contributed by atoms with Crippen molar-refractivity contribution in [1.29, 1.82) is 0 Å². The normalized spacial score (nSPS) is 15.1. The lowest BCUT2D eigenvalue weighted by Crippen LogP contribution is -2.22. The molecule has 1 aliphatic rings. The van der Waals surface area contributed by atoms with E-state index in [4.69, 9.17) is 4.74 Å². The van der Waals surface area contributed by atoms with E-state index in [1.54, 1.807) is 0 Å². The van der Waals surface area contributed by atoms with Crippen molar-refractivity contribution in [2.24, 2.45) is 0 Å². The lowest BCUT2D eigenvalue weighted by atomic mass is 10.0. The molecule has 0 atom stereocenters. The van der Waals surface area contributed by atoms with E-state index in [1.807, 2.05) is 18.2 Å². The molecule has 0 saturated carbocycles. The number of aromatic amines is 1. The summed E-state index contributed by atoms with van der Waals surface area (Å²) in [5, 5.41) is 1.08. The third-order valence-corrected chi connectivity index (χ3v) is 3.43. The fourth-order valence-electron chi connectivity index (χ4n) is 2.16. The number of aromatic nitrogens is 1. The van der Waals surface area contributed by atoms with E-state index >= 15 is 0 Å². The minimum atomic E-state index is 0.0175. The molecule has 16 heavy (non-hydrogen) atoms. The Labute approximate surface area is 101 Å². The monoisotopic (exact) mass is 279 g/mol. The fraction of sp³-hybridized carbons (Fsp3) is 0.250. The molecule has 1 N–H and O–H groups in total. The zero-order valence-corrected chi connectivity index (χ0v) is 10.1. The van der Waals surface area contributed by atoms with Gasteiger partial charge in [0.05, 0.1) is 13.2 Å². The molecule has 1 aliphatic heterocycles. The summed E-state index contributed by atoms with van der Waals surface area (Å²) in [7, 11) is 0. The Balaban J connectivity index is 2.42. The van der Waals surface area contributed by atoms with Crippen LogP contribution in [0, 0.1) is 0 Å². The van der Waals surface area contributed by atoms with E-state index in [1.165, 1.54) is 0 Å². The average Bonchev–Trinajstić information content (AvgIpc) is 2.29. The molecule has 0 amide bonds. The second kappa shape index (κ2) is 3.71. The number of rotatable bonds is 0. The molecule has 0 radical (unpaired) electrons. The number of pyridine rings is 1. The molecule has 3 nitrogen and oxygen atoms in total. The van der Waals surface area contributed by atoms with Crippen LogP contribution < -0.4 is 5.56 Å². The van der Waals surface area contributed by atoms with Crippen molar-refractivity contribution in [3.8, 4) is 0 Å². The average molecular weight is 280 g/mol. The van der Waals surface area contributed by atoms with Crippen LogP contribution in [0.15, 0.2) is 27.5 Å². The molecule has 2 aromatic rings. The molecule has 0 fully saturated rings. The number of hydrogen-bond acceptors (Lipinski definition) is 2. The highest BCUT2D eigenvalue weighted by molar-refractivity contribution is 9.10. The topological polar surface area (TPSA) is 42.1 Å². The molecule has 4 heteroatoms. The summed E-state index contributed by atoms with van der Waals surface area (Å²) in [6, 6.07) is 5.92. The van der Waals surface area contributed by atoms with Crippen LogP contribution in [0.4, 0.5) is 0 Å². The van der Waals surface area contributed by atoms with Gasteiger partial charge in [-0.1, -0.05) is 22.0 Å². The minimum Gasteiger partial charge on any atom is -0.376 e. The van der Waals surface area contributed by atoms with Crippen molar-refractivity contribution in [3.05, 3.63) is 44.2 Å². The van der Waals surface area contributed by atoms with Crippen LogP contribution >= 0.6 is 15.9 Å². The summed E-state index contributed by atoms with van der Waals surface area (Å²) in [5.41, 5.74) is 2.80. The summed E-state index contributed by atoms with van der Waals surface area (Å²) in [6.07, 6.45) is 0.705. The van der Waals surface area contributed by atoms with Crippen LogP contribution in [0.5, 0.6) is 0 Å². The number of benzene rings is 1. The summed E-state index contributed by atoms with van der Waals surface area (Å²) < 4.78 is 6.39. The summed E-state index contributed by atoms with van der Waals surface area (Å²) in [5.74, 6) is 0. The number of fused-ring (bicyclic) bond motifs is 3. The quantitative estimate of drug-likeness (QED) is 0.805. The molecule has 3 rings (SSSR count). The van der Waals surface area contributed by atoms with Crippen LogP contribution in [0.25, 0.3) is 10.9 Å². The molecule has 1 aromatic heterocycles. The first kappa shape index (κ1) is 10.1. The third-order valence-electron chi connectivity index (χ3n) is 2.94. The van der Waals surface area contributed by atoms with E-state index < -0.39 is 0 Å². The van der Waals surface area contributed by atoms with Crippen LogP contribution in [-0.4, -0.2) is 11.6 Å². The maximum absolute atomic E-state index is 11.9. The van der Waals surface area contributed by atoms with Crippen molar-refractivity contribution in [2.45, 2.75) is 13.0 Å². The second-order valence-corrected chi connectivity index (χ2v) is 4.82. The zero-order chi connectivity index (χ0) is 11.1. The second-order valence-electron chi connectivity index (χ2n) is 3.90. The van der Waals surface area contributed by atoms with Crippen molar-refractivity contribution in [3.63, 3.8) is 0 Å². The molecular weight excluding hydrogens is 270 g/mol. The molecule has 0 aliphatic carbocycles. The van der Waals surface area contributed by atoms with E-state index in [2.05, 4.69) is 20.9 Å². The predicted octanol–water partition coefficient (Wildman–Crippen LogP) is 2.36. The van der Waals surface area contributed by atoms with Gasteiger partial charge in [0.2, 0.25) is 0 Å². The van der Waals surface area contributed by atoms with Gasteiger partial charge >= 0.3 is 0 Å². The molecule has 0 saturated heterocycles. The minimum absolute atomic E-state index is 0.0175. The molecule has 0 bridgehead atoms. The SMILES string of the molecule is O=c1[nH]c2cc(Br)ccc2c2c1CCOC2. The highest BCUT2D eigenvalue weighted by Gasteiger charge is 2.16. The predicted molar refractivity (Wildman–Crippen MR) is 65.6 cm³/mol. The van der Waals surface area contributed by atoms with Crippen molar-refractivity contribution < 1.29 is 4.74 Å².